The Morgan fingerprint density at radius 2 is 2.18 bits per heavy atom. The number of carbonyl (C=O) groups is 1. The second-order valence-corrected chi connectivity index (χ2v) is 4.28. The van der Waals surface area contributed by atoms with Crippen LogP contribution in [-0.2, 0) is 11.4 Å². The minimum Gasteiger partial charge on any atom is -0.486 e. The summed E-state index contributed by atoms with van der Waals surface area (Å²) in [6.45, 7) is 1.40. The van der Waals surface area contributed by atoms with E-state index in [1.54, 1.807) is 7.11 Å². The number of ether oxygens (including phenoxy) is 2. The van der Waals surface area contributed by atoms with Gasteiger partial charge >= 0.3 is 0 Å². The highest BCUT2D eigenvalue weighted by atomic mass is 79.9. The molecule has 0 spiro atoms. The van der Waals surface area contributed by atoms with Gasteiger partial charge in [0.05, 0.1) is 12.7 Å². The third kappa shape index (κ3) is 2.43. The second-order valence-electron chi connectivity index (χ2n) is 3.43. The first kappa shape index (κ1) is 12.3. The van der Waals surface area contributed by atoms with Gasteiger partial charge in [0, 0.05) is 16.6 Å². The molecule has 0 saturated carbocycles. The van der Waals surface area contributed by atoms with Gasteiger partial charge in [0.2, 0.25) is 0 Å². The molecule has 0 aliphatic carbocycles. The molecule has 0 bridgehead atoms. The molecule has 0 aromatic heterocycles. The predicted octanol–water partition coefficient (Wildman–Crippen LogP) is 1.68. The number of hydrogen-bond donors (Lipinski definition) is 1. The maximum Gasteiger partial charge on any atom is 0.173 e. The van der Waals surface area contributed by atoms with Crippen LogP contribution in [0.25, 0.3) is 0 Å². The Hall–Kier alpha value is -1.11. The van der Waals surface area contributed by atoms with Crippen molar-refractivity contribution in [2.45, 2.75) is 6.54 Å². The van der Waals surface area contributed by atoms with E-state index in [-0.39, 0.29) is 0 Å². The van der Waals surface area contributed by atoms with E-state index in [0.717, 1.165) is 11.8 Å². The molecular formula is C11H12BrNO4. The van der Waals surface area contributed by atoms with Gasteiger partial charge in [0.25, 0.3) is 0 Å². The molecule has 17 heavy (non-hydrogen) atoms. The van der Waals surface area contributed by atoms with Crippen molar-refractivity contribution >= 4 is 22.2 Å². The summed E-state index contributed by atoms with van der Waals surface area (Å²) < 4.78 is 11.7. The normalized spacial score (nSPS) is 13.5. The maximum atomic E-state index is 11.0. The van der Waals surface area contributed by atoms with Crippen molar-refractivity contribution in [3.05, 3.63) is 21.7 Å². The highest BCUT2D eigenvalue weighted by Crippen LogP contribution is 2.40. The molecule has 0 amide bonds. The Labute approximate surface area is 107 Å². The Morgan fingerprint density at radius 3 is 2.82 bits per heavy atom. The maximum absolute atomic E-state index is 11.0. The van der Waals surface area contributed by atoms with Crippen LogP contribution < -0.4 is 15.0 Å². The Kier molecular flexibility index (Phi) is 3.98. The molecule has 0 radical (unpaired) electrons. The van der Waals surface area contributed by atoms with Gasteiger partial charge in [-0.15, -0.1) is 0 Å². The number of aldehydes is 1. The van der Waals surface area contributed by atoms with Crippen molar-refractivity contribution in [2.24, 2.45) is 0 Å². The molecule has 1 aromatic carbocycles. The van der Waals surface area contributed by atoms with Crippen molar-refractivity contribution in [2.75, 3.05) is 20.3 Å². The highest BCUT2D eigenvalue weighted by molar-refractivity contribution is 9.10. The summed E-state index contributed by atoms with van der Waals surface area (Å²) >= 11 is 3.34. The van der Waals surface area contributed by atoms with Crippen LogP contribution in [0.4, 0.5) is 0 Å². The third-order valence-corrected chi connectivity index (χ3v) is 3.06. The molecule has 0 fully saturated rings. The Balaban J connectivity index is 2.46. The fourth-order valence-corrected chi connectivity index (χ4v) is 2.20. The molecule has 2 rings (SSSR count). The number of benzene rings is 1. The van der Waals surface area contributed by atoms with Crippen molar-refractivity contribution in [3.8, 4) is 11.5 Å². The SMILES string of the molecule is CONCc1cc(Br)c(C=O)c2c1OCCO2. The van der Waals surface area contributed by atoms with Crippen LogP contribution in [0, 0.1) is 0 Å². The lowest BCUT2D eigenvalue weighted by Crippen LogP contribution is -2.20. The molecule has 0 saturated heterocycles. The van der Waals surface area contributed by atoms with E-state index < -0.39 is 0 Å². The number of hydrogen-bond acceptors (Lipinski definition) is 5. The van der Waals surface area contributed by atoms with E-state index >= 15 is 0 Å². The topological polar surface area (TPSA) is 56.8 Å². The van der Waals surface area contributed by atoms with Crippen LogP contribution in [0.1, 0.15) is 15.9 Å². The summed E-state index contributed by atoms with van der Waals surface area (Å²) in [5.41, 5.74) is 4.08. The minimum absolute atomic E-state index is 0.446. The molecule has 92 valence electrons. The van der Waals surface area contributed by atoms with Gasteiger partial charge in [-0.3, -0.25) is 4.79 Å². The van der Waals surface area contributed by atoms with Crippen molar-refractivity contribution in [1.29, 1.82) is 0 Å². The molecule has 0 atom stereocenters. The first-order valence-corrected chi connectivity index (χ1v) is 5.89. The first-order chi connectivity index (χ1) is 8.27. The lowest BCUT2D eigenvalue weighted by Gasteiger charge is -2.23. The van der Waals surface area contributed by atoms with E-state index in [4.69, 9.17) is 14.3 Å². The lowest BCUT2D eigenvalue weighted by atomic mass is 10.1. The van der Waals surface area contributed by atoms with Crippen LogP contribution in [0.5, 0.6) is 11.5 Å². The monoisotopic (exact) mass is 301 g/mol. The fraction of sp³-hybridized carbons (Fsp3) is 0.364. The van der Waals surface area contributed by atoms with Gasteiger partial charge in [0.15, 0.2) is 17.8 Å². The average Bonchev–Trinajstić information content (AvgIpc) is 2.36. The third-order valence-electron chi connectivity index (χ3n) is 2.40. The summed E-state index contributed by atoms with van der Waals surface area (Å²) in [4.78, 5) is 15.8. The minimum atomic E-state index is 0.446. The zero-order valence-corrected chi connectivity index (χ0v) is 10.9. The van der Waals surface area contributed by atoms with Gasteiger partial charge in [-0.05, 0) is 22.0 Å². The van der Waals surface area contributed by atoms with Gasteiger partial charge in [0.1, 0.15) is 13.2 Å². The summed E-state index contributed by atoms with van der Waals surface area (Å²) in [6.07, 6.45) is 0.755. The highest BCUT2D eigenvalue weighted by Gasteiger charge is 2.22. The van der Waals surface area contributed by atoms with E-state index in [1.807, 2.05) is 6.07 Å². The van der Waals surface area contributed by atoms with Crippen LogP contribution in [0.3, 0.4) is 0 Å². The van der Waals surface area contributed by atoms with E-state index in [1.165, 1.54) is 0 Å². The van der Waals surface area contributed by atoms with Crippen molar-refractivity contribution in [3.63, 3.8) is 0 Å². The molecule has 1 N–H and O–H groups in total. The summed E-state index contributed by atoms with van der Waals surface area (Å²) in [5.74, 6) is 1.10. The quantitative estimate of drug-likeness (QED) is 0.677. The van der Waals surface area contributed by atoms with E-state index in [0.29, 0.717) is 41.3 Å². The Bertz CT molecular complexity index is 436. The predicted molar refractivity (Wildman–Crippen MR) is 64.4 cm³/mol. The number of nitrogens with one attached hydrogen (secondary N) is 1. The summed E-state index contributed by atoms with van der Waals surface area (Å²) in [5, 5.41) is 0. The molecule has 1 aromatic rings. The molecule has 6 heteroatoms. The van der Waals surface area contributed by atoms with Gasteiger partial charge in [-0.25, -0.2) is 0 Å². The van der Waals surface area contributed by atoms with Gasteiger partial charge in [-0.2, -0.15) is 5.48 Å². The smallest absolute Gasteiger partial charge is 0.173 e. The molecular weight excluding hydrogens is 290 g/mol. The van der Waals surface area contributed by atoms with Gasteiger partial charge < -0.3 is 14.3 Å². The van der Waals surface area contributed by atoms with E-state index in [9.17, 15) is 4.79 Å². The number of halogens is 1. The molecule has 5 nitrogen and oxygen atoms in total. The van der Waals surface area contributed by atoms with Crippen LogP contribution in [0.2, 0.25) is 0 Å². The number of rotatable bonds is 4. The largest absolute Gasteiger partial charge is 0.486 e. The Morgan fingerprint density at radius 1 is 1.47 bits per heavy atom. The number of carbonyl (C=O) groups excluding carboxylic acids is 1. The van der Waals surface area contributed by atoms with Crippen molar-refractivity contribution in [1.82, 2.24) is 5.48 Å². The lowest BCUT2D eigenvalue weighted by molar-refractivity contribution is 0.0848. The molecule has 1 aliphatic rings. The van der Waals surface area contributed by atoms with Gasteiger partial charge in [-0.1, -0.05) is 0 Å². The molecule has 0 unspecified atom stereocenters. The fourth-order valence-electron chi connectivity index (χ4n) is 1.65. The zero-order valence-electron chi connectivity index (χ0n) is 9.29. The van der Waals surface area contributed by atoms with E-state index in [2.05, 4.69) is 21.4 Å². The number of fused-ring (bicyclic) bond motifs is 1. The summed E-state index contributed by atoms with van der Waals surface area (Å²) in [6, 6.07) is 1.82. The summed E-state index contributed by atoms with van der Waals surface area (Å²) in [7, 11) is 1.54. The van der Waals surface area contributed by atoms with Crippen molar-refractivity contribution < 1.29 is 19.1 Å². The zero-order chi connectivity index (χ0) is 12.3. The number of hydroxylamine groups is 1. The standard InChI is InChI=1S/C11H12BrNO4/c1-15-13-5-7-4-9(12)8(6-14)11-10(7)16-2-3-17-11/h4,6,13H,2-3,5H2,1H3. The first-order valence-electron chi connectivity index (χ1n) is 5.10. The van der Waals surface area contributed by atoms with Crippen LogP contribution in [0.15, 0.2) is 10.5 Å². The van der Waals surface area contributed by atoms with Crippen LogP contribution in [-0.4, -0.2) is 26.6 Å². The second kappa shape index (κ2) is 5.48. The van der Waals surface area contributed by atoms with Crippen LogP contribution >= 0.6 is 15.9 Å². The molecule has 1 aliphatic heterocycles. The molecule has 1 heterocycles. The average molecular weight is 302 g/mol.